The monoisotopic (exact) mass is 724 g/mol. The van der Waals surface area contributed by atoms with Crippen molar-refractivity contribution in [2.24, 2.45) is 0 Å². The number of hydrogen-bond donors (Lipinski definition) is 0. The number of morpholine rings is 1. The molecule has 1 atom stereocenters. The molecule has 2 aliphatic rings. The molecule has 1 fully saturated rings. The van der Waals surface area contributed by atoms with Crippen LogP contribution in [0.4, 0.5) is 11.4 Å². The second-order valence-electron chi connectivity index (χ2n) is 10.7. The Labute approximate surface area is 281 Å². The summed E-state index contributed by atoms with van der Waals surface area (Å²) in [5.41, 5.74) is 2.74. The molecule has 238 valence electrons. The predicted octanol–water partition coefficient (Wildman–Crippen LogP) is 3.97. The Kier molecular flexibility index (Phi) is 10.1. The summed E-state index contributed by atoms with van der Waals surface area (Å²) < 4.78 is 30.3. The average Bonchev–Trinajstić information content (AvgIpc) is 3.53. The van der Waals surface area contributed by atoms with Crippen LogP contribution in [-0.4, -0.2) is 68.4 Å². The van der Waals surface area contributed by atoms with Gasteiger partial charge >= 0.3 is 252 Å². The number of halogens is 1. The van der Waals surface area contributed by atoms with Crippen LogP contribution in [0.25, 0.3) is 26.6 Å². The molecule has 4 aromatic rings. The van der Waals surface area contributed by atoms with E-state index >= 15 is 0 Å². The number of hydrogen-bond acceptors (Lipinski definition) is 7. The summed E-state index contributed by atoms with van der Waals surface area (Å²) in [5.74, 6) is 0.128. The van der Waals surface area contributed by atoms with Crippen LogP contribution in [0.15, 0.2) is 91.8 Å². The minimum atomic E-state index is -1.71. The third-order valence-corrected chi connectivity index (χ3v) is 11.5. The van der Waals surface area contributed by atoms with Gasteiger partial charge in [-0.15, -0.1) is 0 Å². The van der Waals surface area contributed by atoms with Gasteiger partial charge in [0.2, 0.25) is 0 Å². The Morgan fingerprint density at radius 1 is 1.07 bits per heavy atom. The van der Waals surface area contributed by atoms with Crippen LogP contribution >= 0.6 is 11.6 Å². The van der Waals surface area contributed by atoms with Crippen molar-refractivity contribution in [2.75, 3.05) is 49.2 Å². The Balaban J connectivity index is 1.36. The Bertz CT molecular complexity index is 1900. The van der Waals surface area contributed by atoms with Crippen molar-refractivity contribution in [1.82, 2.24) is 4.31 Å². The molecule has 3 heterocycles. The molecule has 0 bridgehead atoms. The Morgan fingerprint density at radius 2 is 1.74 bits per heavy atom. The van der Waals surface area contributed by atoms with Gasteiger partial charge in [0.1, 0.15) is 0 Å². The summed E-state index contributed by atoms with van der Waals surface area (Å²) in [4.78, 5) is 15.6. The van der Waals surface area contributed by atoms with Crippen LogP contribution in [0.3, 0.4) is 0 Å². The van der Waals surface area contributed by atoms with Gasteiger partial charge in [0.05, 0.1) is 13.2 Å². The summed E-state index contributed by atoms with van der Waals surface area (Å²) in [6, 6.07) is 16.2. The topological polar surface area (TPSA) is 89.3 Å². The van der Waals surface area contributed by atoms with Gasteiger partial charge < -0.3 is 4.74 Å². The summed E-state index contributed by atoms with van der Waals surface area (Å²) in [6.45, 7) is 11.3. The molecule has 0 N–H and O–H groups in total. The van der Waals surface area contributed by atoms with Gasteiger partial charge in [0, 0.05) is 13.1 Å². The number of rotatable bonds is 12. The molecule has 3 aromatic carbocycles. The molecule has 9 nitrogen and oxygen atoms in total. The van der Waals surface area contributed by atoms with Gasteiger partial charge in [-0.05, 0) is 0 Å². The molecule has 0 radical (unpaired) electrons. The van der Waals surface area contributed by atoms with Gasteiger partial charge in [0.15, 0.2) is 0 Å². The third-order valence-electron chi connectivity index (χ3n) is 7.75. The molecule has 12 heteroatoms. The molecule has 46 heavy (non-hydrogen) atoms. The van der Waals surface area contributed by atoms with E-state index in [0.717, 1.165) is 38.1 Å². The van der Waals surface area contributed by atoms with Gasteiger partial charge in [-0.1, -0.05) is 0 Å². The first-order chi connectivity index (χ1) is 22.4. The van der Waals surface area contributed by atoms with Crippen LogP contribution < -0.4 is 23.7 Å². The van der Waals surface area contributed by atoms with E-state index in [-0.39, 0.29) is 20.9 Å². The fourth-order valence-corrected chi connectivity index (χ4v) is 9.09. The Morgan fingerprint density at radius 3 is 2.41 bits per heavy atom. The zero-order valence-corrected chi connectivity index (χ0v) is 28.4. The number of carboxylic acid groups (broad SMARTS) is 1. The molecular formula is C34H33ClN4O5SSe. The zero-order chi connectivity index (χ0) is 32.2. The standard InChI is InChI=1S/C34H33ClN4O5SSe/c1-3-13-37-27-22-26(35)30(44-45(42)36-16-18-43-19-17-36)23-28(27)38(14-4-2)32(37)10-7-11-33-39(15-12-34(40)41)29-20-24-8-5-6-9-25(24)21-31(29)46-33/h3-11,20-23H,1-2,12-19H2. The molecule has 0 spiro atoms. The van der Waals surface area contributed by atoms with Gasteiger partial charge in [-0.25, -0.2) is 0 Å². The molecule has 0 amide bonds. The fourth-order valence-electron chi connectivity index (χ4n) is 5.63. The molecule has 2 aliphatic heterocycles. The summed E-state index contributed by atoms with van der Waals surface area (Å²) >= 11 is 4.96. The van der Waals surface area contributed by atoms with E-state index in [1.165, 1.54) is 4.26 Å². The zero-order valence-electron chi connectivity index (χ0n) is 25.1. The van der Waals surface area contributed by atoms with Crippen LogP contribution in [0, 0.1) is 0 Å². The van der Waals surface area contributed by atoms with Crippen molar-refractivity contribution in [3.8, 4) is 5.75 Å². The van der Waals surface area contributed by atoms with E-state index in [9.17, 15) is 14.1 Å². The van der Waals surface area contributed by atoms with Crippen molar-refractivity contribution in [3.05, 3.63) is 101 Å². The van der Waals surface area contributed by atoms with Crippen molar-refractivity contribution >= 4 is 81.3 Å². The van der Waals surface area contributed by atoms with Gasteiger partial charge in [-0.2, -0.15) is 0 Å². The van der Waals surface area contributed by atoms with E-state index in [1.54, 1.807) is 4.31 Å². The molecule has 6 rings (SSSR count). The van der Waals surface area contributed by atoms with Crippen molar-refractivity contribution in [2.45, 2.75) is 13.0 Å². The number of aromatic nitrogens is 1. The van der Waals surface area contributed by atoms with Crippen LogP contribution in [-0.2, 0) is 27.3 Å². The first-order valence-corrected chi connectivity index (χ1v) is 18.0. The molecule has 1 saturated heterocycles. The van der Waals surface area contributed by atoms with E-state index in [4.69, 9.17) is 20.5 Å². The SMILES string of the molecule is C=CCN1/C(=C/C=C/c2[se]c3cc4ccccc4cc3[n+]2CCC(=O)[O-])N(CC=C)c2cc(OS(=O)N3CCOCC3)c(Cl)cc21. The molecule has 0 saturated carbocycles. The van der Waals surface area contributed by atoms with E-state index in [2.05, 4.69) is 57.9 Å². The van der Waals surface area contributed by atoms with E-state index in [0.29, 0.717) is 56.7 Å². The van der Waals surface area contributed by atoms with Crippen LogP contribution in [0.5, 0.6) is 5.75 Å². The molecular weight excluding hydrogens is 691 g/mol. The number of fused-ring (bicyclic) bond motifs is 3. The number of allylic oxidation sites excluding steroid dienone is 2. The van der Waals surface area contributed by atoms with E-state index < -0.39 is 17.2 Å². The fraction of sp³-hybridized carbons (Fsp3) is 0.235. The first kappa shape index (κ1) is 32.2. The predicted molar refractivity (Wildman–Crippen MR) is 183 cm³/mol. The molecule has 1 unspecified atom stereocenters. The Hall–Kier alpha value is -3.70. The molecule has 1 aromatic heterocycles. The summed E-state index contributed by atoms with van der Waals surface area (Å²) in [6.07, 6.45) is 9.64. The van der Waals surface area contributed by atoms with E-state index in [1.807, 2.05) is 48.6 Å². The second kappa shape index (κ2) is 14.4. The number of benzene rings is 3. The van der Waals surface area contributed by atoms with Crippen LogP contribution in [0.1, 0.15) is 11.0 Å². The third kappa shape index (κ3) is 6.71. The maximum atomic E-state index is 13.0. The number of carboxylic acids is 1. The first-order valence-electron chi connectivity index (χ1n) is 14.8. The van der Waals surface area contributed by atoms with Crippen molar-refractivity contribution < 1.29 is 27.6 Å². The van der Waals surface area contributed by atoms with Gasteiger partial charge in [0.25, 0.3) is 0 Å². The number of ether oxygens (including phenoxy) is 1. The summed E-state index contributed by atoms with van der Waals surface area (Å²) in [5, 5.41) is 14.1. The van der Waals surface area contributed by atoms with Gasteiger partial charge in [-0.3, -0.25) is 0 Å². The second-order valence-corrected chi connectivity index (χ2v) is 14.4. The number of anilines is 2. The van der Waals surface area contributed by atoms with Crippen LogP contribution in [0.2, 0.25) is 5.02 Å². The average molecular weight is 724 g/mol. The van der Waals surface area contributed by atoms with Crippen molar-refractivity contribution in [1.29, 1.82) is 0 Å². The number of carbonyl (C=O) groups is 1. The summed E-state index contributed by atoms with van der Waals surface area (Å²) in [7, 11) is 0. The molecule has 0 aliphatic carbocycles. The van der Waals surface area contributed by atoms with Crippen molar-refractivity contribution in [3.63, 3.8) is 0 Å². The quantitative estimate of drug-likeness (QED) is 0.124. The number of aryl methyl sites for hydroxylation is 1. The normalized spacial score (nSPS) is 16.8. The minimum absolute atomic E-state index is 0.0174. The number of carbonyl (C=O) groups excluding carboxylic acids is 1. The number of nitrogens with zero attached hydrogens (tertiary/aromatic N) is 4. The number of aliphatic carboxylic acids is 1. The maximum absolute atomic E-state index is 13.0.